The molecule has 0 saturated carbocycles. The highest BCUT2D eigenvalue weighted by molar-refractivity contribution is 7.47. The van der Waals surface area contributed by atoms with Gasteiger partial charge in [0.1, 0.15) is 19.3 Å². The molecule has 17 nitrogen and oxygen atoms in total. The highest BCUT2D eigenvalue weighted by Gasteiger charge is 2.30. The molecule has 0 aliphatic rings. The van der Waals surface area contributed by atoms with Crippen molar-refractivity contribution in [3.8, 4) is 0 Å². The molecule has 0 aromatic heterocycles. The fourth-order valence-corrected chi connectivity index (χ4v) is 13.4. The van der Waals surface area contributed by atoms with E-state index in [1.807, 2.05) is 0 Å². The maximum atomic E-state index is 13.1. The predicted octanol–water partition coefficient (Wildman–Crippen LogP) is 22.6. The molecule has 0 fully saturated rings. The van der Waals surface area contributed by atoms with E-state index in [0.29, 0.717) is 25.7 Å². The van der Waals surface area contributed by atoms with Gasteiger partial charge in [0.25, 0.3) is 0 Å². The normalized spacial score (nSPS) is 14.1. The van der Waals surface area contributed by atoms with Crippen LogP contribution in [0.4, 0.5) is 0 Å². The summed E-state index contributed by atoms with van der Waals surface area (Å²) in [7, 11) is -9.91. The second kappa shape index (κ2) is 67.5. The monoisotopic (exact) mass is 1410 g/mol. The molecule has 3 N–H and O–H groups in total. The standard InChI is InChI=1S/C77H150O17P2/c1-8-9-10-11-12-13-14-15-16-17-18-19-20-21-22-31-39-46-53-60-76(81)93-72(64-87-74(79)58-51-44-37-30-24-23-27-34-41-48-55-68(2)3)66-91-95(83,84)89-62-71(78)63-90-96(85,86)92-67-73(94-77(82)61-54-47-40-33-26-29-36-43-50-57-70(6)7)65-88-75(80)59-52-45-38-32-25-28-35-42-49-56-69(4)5/h68-73,78H,8-67H2,1-7H3,(H,83,84)(H,85,86)/t71-,72-,73-/m1/s1. The number of phosphoric acid groups is 2. The number of hydrogen-bond donors (Lipinski definition) is 3. The molecule has 2 unspecified atom stereocenters. The zero-order chi connectivity index (χ0) is 70.9. The molecule has 0 aromatic rings. The van der Waals surface area contributed by atoms with Crippen molar-refractivity contribution < 1.29 is 80.2 Å². The summed E-state index contributed by atoms with van der Waals surface area (Å²) in [6.07, 6.45) is 54.2. The quantitative estimate of drug-likeness (QED) is 0.0222. The largest absolute Gasteiger partial charge is 0.472 e. The van der Waals surface area contributed by atoms with Crippen molar-refractivity contribution in [3.05, 3.63) is 0 Å². The molecule has 0 radical (unpaired) electrons. The van der Waals surface area contributed by atoms with E-state index in [4.69, 9.17) is 37.0 Å². The lowest BCUT2D eigenvalue weighted by Crippen LogP contribution is -2.30. The molecule has 96 heavy (non-hydrogen) atoms. The fraction of sp³-hybridized carbons (Fsp3) is 0.948. The van der Waals surface area contributed by atoms with Crippen molar-refractivity contribution in [1.29, 1.82) is 0 Å². The summed E-state index contributed by atoms with van der Waals surface area (Å²) in [5.74, 6) is 0.121. The number of phosphoric ester groups is 2. The van der Waals surface area contributed by atoms with E-state index < -0.39 is 97.5 Å². The van der Waals surface area contributed by atoms with Crippen molar-refractivity contribution in [2.75, 3.05) is 39.6 Å². The summed E-state index contributed by atoms with van der Waals surface area (Å²) in [6.45, 7) is 11.9. The summed E-state index contributed by atoms with van der Waals surface area (Å²) in [6, 6.07) is 0. The van der Waals surface area contributed by atoms with Crippen LogP contribution in [0.5, 0.6) is 0 Å². The molecule has 19 heteroatoms. The molecule has 0 spiro atoms. The number of carbonyl (C=O) groups is 4. The first-order valence-corrected chi connectivity index (χ1v) is 42.8. The molecule has 0 aliphatic carbocycles. The Morgan fingerprint density at radius 1 is 0.281 bits per heavy atom. The summed E-state index contributed by atoms with van der Waals surface area (Å²) in [5, 5.41) is 10.6. The number of rotatable bonds is 75. The Labute approximate surface area is 588 Å². The van der Waals surface area contributed by atoms with Crippen molar-refractivity contribution in [1.82, 2.24) is 0 Å². The van der Waals surface area contributed by atoms with Crippen LogP contribution in [-0.4, -0.2) is 96.7 Å². The van der Waals surface area contributed by atoms with Gasteiger partial charge in [-0.15, -0.1) is 0 Å². The van der Waals surface area contributed by atoms with Gasteiger partial charge in [-0.25, -0.2) is 9.13 Å². The third-order valence-corrected chi connectivity index (χ3v) is 19.8. The molecule has 0 bridgehead atoms. The molecule has 0 amide bonds. The van der Waals surface area contributed by atoms with Crippen LogP contribution in [0.25, 0.3) is 0 Å². The molecule has 0 aromatic carbocycles. The van der Waals surface area contributed by atoms with Crippen LogP contribution >= 0.6 is 15.6 Å². The molecule has 0 saturated heterocycles. The van der Waals surface area contributed by atoms with E-state index in [2.05, 4.69) is 48.5 Å². The second-order valence-corrected chi connectivity index (χ2v) is 32.1. The maximum Gasteiger partial charge on any atom is 0.472 e. The number of carbonyl (C=O) groups excluding carboxylic acids is 4. The van der Waals surface area contributed by atoms with Crippen LogP contribution in [0.15, 0.2) is 0 Å². The lowest BCUT2D eigenvalue weighted by molar-refractivity contribution is -0.161. The van der Waals surface area contributed by atoms with Crippen LogP contribution in [0.1, 0.15) is 395 Å². The number of hydrogen-bond acceptors (Lipinski definition) is 15. The minimum atomic E-state index is -4.96. The van der Waals surface area contributed by atoms with E-state index >= 15 is 0 Å². The Bertz CT molecular complexity index is 1870. The van der Waals surface area contributed by atoms with Gasteiger partial charge in [0.15, 0.2) is 12.2 Å². The molecular formula is C77H150O17P2. The SMILES string of the molecule is CCCCCCCCCCCCCCCCCCCCCC(=O)O[C@H](COC(=O)CCCCCCCCCCCCC(C)C)COP(=O)(O)OC[C@@H](O)COP(=O)(O)OC[C@@H](COC(=O)CCCCCCCCCCCC(C)C)OC(=O)CCCCCCCCCCCC(C)C. The number of ether oxygens (including phenoxy) is 4. The highest BCUT2D eigenvalue weighted by Crippen LogP contribution is 2.45. The van der Waals surface area contributed by atoms with Crippen molar-refractivity contribution in [2.24, 2.45) is 17.8 Å². The van der Waals surface area contributed by atoms with Crippen LogP contribution in [-0.2, 0) is 65.4 Å². The summed E-state index contributed by atoms with van der Waals surface area (Å²) < 4.78 is 68.6. The Morgan fingerprint density at radius 2 is 0.479 bits per heavy atom. The van der Waals surface area contributed by atoms with Crippen LogP contribution in [0, 0.1) is 17.8 Å². The third-order valence-electron chi connectivity index (χ3n) is 17.9. The van der Waals surface area contributed by atoms with Gasteiger partial charge in [0, 0.05) is 25.7 Å². The highest BCUT2D eigenvalue weighted by atomic mass is 31.2. The molecule has 5 atom stereocenters. The summed E-state index contributed by atoms with van der Waals surface area (Å²) >= 11 is 0. The minimum absolute atomic E-state index is 0.105. The molecule has 570 valence electrons. The smallest absolute Gasteiger partial charge is 0.462 e. The number of aliphatic hydroxyl groups excluding tert-OH is 1. The van der Waals surface area contributed by atoms with Gasteiger partial charge in [0.2, 0.25) is 0 Å². The first kappa shape index (κ1) is 94.1. The Balaban J connectivity index is 5.24. The number of aliphatic hydroxyl groups is 1. The van der Waals surface area contributed by atoms with Crippen molar-refractivity contribution in [2.45, 2.75) is 414 Å². The maximum absolute atomic E-state index is 13.1. The Hall–Kier alpha value is -1.94. The van der Waals surface area contributed by atoms with Crippen LogP contribution in [0.2, 0.25) is 0 Å². The fourth-order valence-electron chi connectivity index (χ4n) is 11.8. The Kier molecular flexibility index (Phi) is 66.2. The molecule has 0 aliphatic heterocycles. The lowest BCUT2D eigenvalue weighted by Gasteiger charge is -2.21. The van der Waals surface area contributed by atoms with E-state index in [0.717, 1.165) is 108 Å². The van der Waals surface area contributed by atoms with E-state index in [9.17, 15) is 43.2 Å². The zero-order valence-electron chi connectivity index (χ0n) is 62.8. The predicted molar refractivity (Wildman–Crippen MR) is 391 cm³/mol. The van der Waals surface area contributed by atoms with Gasteiger partial charge in [-0.05, 0) is 43.4 Å². The van der Waals surface area contributed by atoms with E-state index in [-0.39, 0.29) is 25.7 Å². The summed E-state index contributed by atoms with van der Waals surface area (Å²) in [5.41, 5.74) is 0. The van der Waals surface area contributed by atoms with Gasteiger partial charge in [0.05, 0.1) is 26.4 Å². The lowest BCUT2D eigenvalue weighted by atomic mass is 10.0. The number of esters is 4. The topological polar surface area (TPSA) is 237 Å². The average Bonchev–Trinajstić information content (AvgIpc) is 1.21. The van der Waals surface area contributed by atoms with Gasteiger partial charge in [-0.2, -0.15) is 0 Å². The summed E-state index contributed by atoms with van der Waals surface area (Å²) in [4.78, 5) is 72.9. The van der Waals surface area contributed by atoms with Crippen molar-refractivity contribution in [3.63, 3.8) is 0 Å². The molecule has 0 rings (SSSR count). The van der Waals surface area contributed by atoms with E-state index in [1.165, 1.54) is 205 Å². The first-order valence-electron chi connectivity index (χ1n) is 39.8. The van der Waals surface area contributed by atoms with Crippen molar-refractivity contribution >= 4 is 39.5 Å². The molecular weight excluding hydrogens is 1260 g/mol. The second-order valence-electron chi connectivity index (χ2n) is 29.2. The first-order chi connectivity index (χ1) is 46.2. The van der Waals surface area contributed by atoms with Gasteiger partial charge >= 0.3 is 39.5 Å². The van der Waals surface area contributed by atoms with Gasteiger partial charge in [-0.3, -0.25) is 37.3 Å². The van der Waals surface area contributed by atoms with Gasteiger partial charge < -0.3 is 33.8 Å². The third kappa shape index (κ3) is 70.5. The average molecular weight is 1410 g/mol. The van der Waals surface area contributed by atoms with E-state index in [1.54, 1.807) is 0 Å². The van der Waals surface area contributed by atoms with Crippen LogP contribution in [0.3, 0.4) is 0 Å². The van der Waals surface area contributed by atoms with Crippen LogP contribution < -0.4 is 0 Å². The zero-order valence-corrected chi connectivity index (χ0v) is 64.6. The van der Waals surface area contributed by atoms with Gasteiger partial charge in [-0.1, -0.05) is 344 Å². The minimum Gasteiger partial charge on any atom is -0.462 e. The Morgan fingerprint density at radius 3 is 0.708 bits per heavy atom. The molecule has 0 heterocycles. The number of unbranched alkanes of at least 4 members (excludes halogenated alkanes) is 43.